The number of hydrogen-bond acceptors (Lipinski definition) is 4. The smallest absolute Gasteiger partial charge is 0.216 e. The first-order chi connectivity index (χ1) is 10.4. The Morgan fingerprint density at radius 3 is 3.09 bits per heavy atom. The average molecular weight is 345 g/mol. The van der Waals surface area contributed by atoms with Crippen molar-refractivity contribution >= 4 is 21.6 Å². The fraction of sp³-hybridized carbons (Fsp3) is 0.385. The minimum absolute atomic E-state index is 0.0391. The van der Waals surface area contributed by atoms with Crippen molar-refractivity contribution in [3.63, 3.8) is 0 Å². The van der Waals surface area contributed by atoms with Crippen LogP contribution in [0.2, 0.25) is 5.02 Å². The van der Waals surface area contributed by atoms with Gasteiger partial charge < -0.3 is 0 Å². The van der Waals surface area contributed by atoms with Gasteiger partial charge >= 0.3 is 0 Å². The van der Waals surface area contributed by atoms with Gasteiger partial charge in [0.1, 0.15) is 18.0 Å². The Bertz CT molecular complexity index is 793. The summed E-state index contributed by atoms with van der Waals surface area (Å²) in [7, 11) is -3.72. The normalized spacial score (nSPS) is 18.2. The summed E-state index contributed by atoms with van der Waals surface area (Å²) in [5.41, 5.74) is 0.0391. The Hall–Kier alpha value is -1.51. The molecule has 0 bridgehead atoms. The van der Waals surface area contributed by atoms with Crippen LogP contribution < -0.4 is 4.72 Å². The number of fused-ring (bicyclic) bond motifs is 1. The molecule has 118 valence electrons. The van der Waals surface area contributed by atoms with Crippen LogP contribution in [0.3, 0.4) is 0 Å². The standard InChI is InChI=1S/C13H14ClFN4O2S/c14-10-3-4-11(15)9(6-10)7-22(20,21)18-12-2-1-5-19-13(12)16-8-17-19/h3-4,6,8,12,18H,1-2,5,7H2/t12-/m0/s1. The van der Waals surface area contributed by atoms with Gasteiger partial charge in [0.2, 0.25) is 10.0 Å². The summed E-state index contributed by atoms with van der Waals surface area (Å²) in [5, 5.41) is 4.34. The highest BCUT2D eigenvalue weighted by Crippen LogP contribution is 2.24. The number of nitrogens with zero attached hydrogens (tertiary/aromatic N) is 3. The summed E-state index contributed by atoms with van der Waals surface area (Å²) >= 11 is 5.79. The molecule has 9 heteroatoms. The molecule has 0 amide bonds. The van der Waals surface area contributed by atoms with E-state index in [1.165, 1.54) is 18.5 Å². The van der Waals surface area contributed by atoms with Crippen molar-refractivity contribution in [3.8, 4) is 0 Å². The molecule has 0 fully saturated rings. The van der Waals surface area contributed by atoms with Gasteiger partial charge in [-0.1, -0.05) is 11.6 Å². The molecule has 3 rings (SSSR count). The predicted molar refractivity (Wildman–Crippen MR) is 79.2 cm³/mol. The zero-order valence-corrected chi connectivity index (χ0v) is 13.1. The van der Waals surface area contributed by atoms with Crippen molar-refractivity contribution in [2.24, 2.45) is 0 Å². The van der Waals surface area contributed by atoms with Gasteiger partial charge in [-0.2, -0.15) is 5.10 Å². The number of halogens is 2. The van der Waals surface area contributed by atoms with Crippen LogP contribution >= 0.6 is 11.6 Å². The molecule has 1 N–H and O–H groups in total. The molecule has 1 aromatic heterocycles. The molecular formula is C13H14ClFN4O2S. The lowest BCUT2D eigenvalue weighted by molar-refractivity contribution is 0.399. The van der Waals surface area contributed by atoms with Crippen LogP contribution in [-0.2, 0) is 22.3 Å². The second-order valence-electron chi connectivity index (χ2n) is 5.15. The molecule has 22 heavy (non-hydrogen) atoms. The van der Waals surface area contributed by atoms with E-state index in [-0.39, 0.29) is 5.56 Å². The van der Waals surface area contributed by atoms with Gasteiger partial charge in [-0.3, -0.25) is 0 Å². The number of benzene rings is 1. The molecule has 0 saturated heterocycles. The molecule has 0 radical (unpaired) electrons. The van der Waals surface area contributed by atoms with Crippen LogP contribution in [0.15, 0.2) is 24.5 Å². The average Bonchev–Trinajstić information content (AvgIpc) is 2.92. The topological polar surface area (TPSA) is 76.9 Å². The van der Waals surface area contributed by atoms with Crippen molar-refractivity contribution in [2.45, 2.75) is 31.2 Å². The SMILES string of the molecule is O=S(=O)(Cc1cc(Cl)ccc1F)N[C@H]1CCCn2ncnc21. The lowest BCUT2D eigenvalue weighted by Gasteiger charge is -2.23. The van der Waals surface area contributed by atoms with E-state index in [0.29, 0.717) is 17.3 Å². The van der Waals surface area contributed by atoms with Crippen LogP contribution in [-0.4, -0.2) is 23.2 Å². The number of aryl methyl sites for hydroxylation is 1. The van der Waals surface area contributed by atoms with Gasteiger partial charge in [-0.15, -0.1) is 0 Å². The van der Waals surface area contributed by atoms with Gasteiger partial charge in [0, 0.05) is 17.1 Å². The number of aromatic nitrogens is 3. The molecule has 0 unspecified atom stereocenters. The Morgan fingerprint density at radius 2 is 2.27 bits per heavy atom. The molecule has 1 aliphatic heterocycles. The molecule has 1 aliphatic rings. The first-order valence-corrected chi connectivity index (χ1v) is 8.79. The first kappa shape index (κ1) is 15.4. The fourth-order valence-corrected chi connectivity index (χ4v) is 4.08. The summed E-state index contributed by atoms with van der Waals surface area (Å²) in [4.78, 5) is 4.09. The molecule has 0 saturated carbocycles. The summed E-state index contributed by atoms with van der Waals surface area (Å²) in [6.07, 6.45) is 2.84. The summed E-state index contributed by atoms with van der Waals surface area (Å²) in [5.74, 6) is -0.479. The molecule has 1 atom stereocenters. The minimum atomic E-state index is -3.72. The monoisotopic (exact) mass is 344 g/mol. The number of sulfonamides is 1. The molecule has 0 aliphatic carbocycles. The Kier molecular flexibility index (Phi) is 4.16. The van der Waals surface area contributed by atoms with E-state index in [9.17, 15) is 12.8 Å². The Balaban J connectivity index is 1.79. The van der Waals surface area contributed by atoms with Crippen molar-refractivity contribution in [1.29, 1.82) is 0 Å². The second kappa shape index (κ2) is 5.94. The summed E-state index contributed by atoms with van der Waals surface area (Å²) in [6.45, 7) is 0.719. The Morgan fingerprint density at radius 1 is 1.45 bits per heavy atom. The van der Waals surface area contributed by atoms with Crippen molar-refractivity contribution in [2.75, 3.05) is 0 Å². The van der Waals surface area contributed by atoms with Gasteiger partial charge in [-0.25, -0.2) is 27.2 Å². The van der Waals surface area contributed by atoms with Crippen LogP contribution in [0.1, 0.15) is 30.3 Å². The van der Waals surface area contributed by atoms with Crippen LogP contribution in [0, 0.1) is 5.82 Å². The molecule has 2 aromatic rings. The van der Waals surface area contributed by atoms with E-state index in [1.807, 2.05) is 0 Å². The largest absolute Gasteiger partial charge is 0.248 e. The number of hydrogen-bond donors (Lipinski definition) is 1. The lowest BCUT2D eigenvalue weighted by atomic mass is 10.1. The zero-order valence-electron chi connectivity index (χ0n) is 11.5. The maximum atomic E-state index is 13.7. The third kappa shape index (κ3) is 3.29. The summed E-state index contributed by atoms with van der Waals surface area (Å²) in [6, 6.07) is 3.41. The van der Waals surface area contributed by atoms with E-state index in [4.69, 9.17) is 11.6 Å². The minimum Gasteiger partial charge on any atom is -0.248 e. The maximum Gasteiger partial charge on any atom is 0.216 e. The van der Waals surface area contributed by atoms with Crippen molar-refractivity contribution in [3.05, 3.63) is 46.8 Å². The van der Waals surface area contributed by atoms with Crippen LogP contribution in [0.4, 0.5) is 4.39 Å². The predicted octanol–water partition coefficient (Wildman–Crippen LogP) is 2.03. The molecule has 2 heterocycles. The van der Waals surface area contributed by atoms with E-state index in [1.54, 1.807) is 4.68 Å². The first-order valence-electron chi connectivity index (χ1n) is 6.76. The highest BCUT2D eigenvalue weighted by atomic mass is 35.5. The molecule has 0 spiro atoms. The third-order valence-corrected chi connectivity index (χ3v) is 5.06. The van der Waals surface area contributed by atoms with Crippen LogP contribution in [0.25, 0.3) is 0 Å². The number of rotatable bonds is 4. The van der Waals surface area contributed by atoms with Crippen molar-refractivity contribution in [1.82, 2.24) is 19.5 Å². The second-order valence-corrected chi connectivity index (χ2v) is 7.34. The zero-order chi connectivity index (χ0) is 15.7. The van der Waals surface area contributed by atoms with Gasteiger partial charge in [0.05, 0.1) is 11.8 Å². The van der Waals surface area contributed by atoms with Gasteiger partial charge in [0.15, 0.2) is 0 Å². The number of nitrogens with one attached hydrogen (secondary N) is 1. The Labute approximate surface area is 132 Å². The fourth-order valence-electron chi connectivity index (χ4n) is 2.52. The van der Waals surface area contributed by atoms with Gasteiger partial charge in [0.25, 0.3) is 0 Å². The van der Waals surface area contributed by atoms with Crippen molar-refractivity contribution < 1.29 is 12.8 Å². The summed E-state index contributed by atoms with van der Waals surface area (Å²) < 4.78 is 42.5. The maximum absolute atomic E-state index is 13.7. The van der Waals surface area contributed by atoms with E-state index in [0.717, 1.165) is 19.0 Å². The van der Waals surface area contributed by atoms with Gasteiger partial charge in [-0.05, 0) is 31.0 Å². The quantitative estimate of drug-likeness (QED) is 0.920. The third-order valence-electron chi connectivity index (χ3n) is 3.49. The van der Waals surface area contributed by atoms with E-state index in [2.05, 4.69) is 14.8 Å². The van der Waals surface area contributed by atoms with Crippen LogP contribution in [0.5, 0.6) is 0 Å². The molecular weight excluding hydrogens is 331 g/mol. The molecule has 6 nitrogen and oxygen atoms in total. The molecule has 1 aromatic carbocycles. The highest BCUT2D eigenvalue weighted by molar-refractivity contribution is 7.88. The lowest BCUT2D eigenvalue weighted by Crippen LogP contribution is -2.34. The highest BCUT2D eigenvalue weighted by Gasteiger charge is 2.27. The van der Waals surface area contributed by atoms with E-state index >= 15 is 0 Å². The van der Waals surface area contributed by atoms with E-state index < -0.39 is 27.6 Å².